The predicted octanol–water partition coefficient (Wildman–Crippen LogP) is 5.61. The molecule has 1 aliphatic rings. The zero-order valence-corrected chi connectivity index (χ0v) is 19.3. The predicted molar refractivity (Wildman–Crippen MR) is 132 cm³/mol. The van der Waals surface area contributed by atoms with Gasteiger partial charge < -0.3 is 15.4 Å². The van der Waals surface area contributed by atoms with Gasteiger partial charge in [0.1, 0.15) is 4.88 Å². The van der Waals surface area contributed by atoms with Gasteiger partial charge >= 0.3 is 0 Å². The van der Waals surface area contributed by atoms with Gasteiger partial charge in [-0.3, -0.25) is 9.78 Å². The molecule has 2 atom stereocenters. The summed E-state index contributed by atoms with van der Waals surface area (Å²) in [5.74, 6) is -0.0886. The van der Waals surface area contributed by atoms with E-state index in [0.717, 1.165) is 41.4 Å². The van der Waals surface area contributed by atoms with Crippen LogP contribution in [0.15, 0.2) is 66.9 Å². The van der Waals surface area contributed by atoms with Crippen molar-refractivity contribution in [1.82, 2.24) is 15.3 Å². The maximum absolute atomic E-state index is 13.1. The second-order valence-electron chi connectivity index (χ2n) is 8.29. The lowest BCUT2D eigenvalue weighted by molar-refractivity contribution is 0.0272. The molecule has 5 rings (SSSR count). The highest BCUT2D eigenvalue weighted by atomic mass is 32.1. The van der Waals surface area contributed by atoms with E-state index in [9.17, 15) is 4.79 Å². The summed E-state index contributed by atoms with van der Waals surface area (Å²) in [5, 5.41) is 8.27. The number of fused-ring (bicyclic) bond motifs is 1. The van der Waals surface area contributed by atoms with Gasteiger partial charge in [-0.15, -0.1) is 0 Å². The maximum atomic E-state index is 13.1. The molecule has 2 N–H and O–H groups in total. The molecule has 0 unspecified atom stereocenters. The Balaban J connectivity index is 1.25. The number of thiazole rings is 1. The van der Waals surface area contributed by atoms with E-state index in [1.165, 1.54) is 11.3 Å². The van der Waals surface area contributed by atoms with Gasteiger partial charge in [-0.25, -0.2) is 4.98 Å². The summed E-state index contributed by atoms with van der Waals surface area (Å²) < 4.78 is 6.15. The number of aromatic nitrogens is 2. The quantitative estimate of drug-likeness (QED) is 0.376. The Morgan fingerprint density at radius 2 is 1.94 bits per heavy atom. The van der Waals surface area contributed by atoms with Crippen molar-refractivity contribution in [1.29, 1.82) is 0 Å². The molecule has 168 valence electrons. The van der Waals surface area contributed by atoms with Crippen molar-refractivity contribution in [2.45, 2.75) is 44.9 Å². The lowest BCUT2D eigenvalue weighted by Gasteiger charge is -2.21. The van der Waals surface area contributed by atoms with Crippen LogP contribution >= 0.6 is 11.3 Å². The van der Waals surface area contributed by atoms with Crippen molar-refractivity contribution in [2.75, 3.05) is 5.32 Å². The summed E-state index contributed by atoms with van der Waals surface area (Å²) >= 11 is 1.36. The first kappa shape index (κ1) is 21.6. The first-order valence-corrected chi connectivity index (χ1v) is 12.0. The fourth-order valence-corrected chi connectivity index (χ4v) is 5.16. The Bertz CT molecular complexity index is 1250. The minimum Gasteiger partial charge on any atom is -0.371 e. The molecule has 1 aliphatic carbocycles. The molecule has 1 amide bonds. The third-order valence-corrected chi connectivity index (χ3v) is 7.02. The number of nitrogens with zero attached hydrogens (tertiary/aromatic N) is 2. The van der Waals surface area contributed by atoms with Crippen LogP contribution in [-0.2, 0) is 11.3 Å². The minimum atomic E-state index is -0.0886. The van der Waals surface area contributed by atoms with Gasteiger partial charge in [0.05, 0.1) is 35.7 Å². The Morgan fingerprint density at radius 3 is 2.82 bits per heavy atom. The van der Waals surface area contributed by atoms with Crippen molar-refractivity contribution in [3.8, 4) is 0 Å². The Kier molecular flexibility index (Phi) is 6.32. The van der Waals surface area contributed by atoms with Crippen LogP contribution in [0.5, 0.6) is 0 Å². The van der Waals surface area contributed by atoms with E-state index in [-0.39, 0.29) is 18.1 Å². The summed E-state index contributed by atoms with van der Waals surface area (Å²) in [6.45, 7) is 2.43. The van der Waals surface area contributed by atoms with Crippen LogP contribution in [0.4, 0.5) is 10.8 Å². The number of rotatable bonds is 7. The molecule has 0 saturated heterocycles. The standard InChI is InChI=1S/C26H26N4O2S/c1-17-24(33-26(28-17)30-21-13-5-10-19-11-7-15-27-23(19)21)25(31)29-20-12-6-14-22(20)32-16-18-8-3-2-4-9-18/h2-5,7-11,13,15,20,22H,6,12,14,16H2,1H3,(H,28,30)(H,29,31)/t20-,22-/m0/s1. The molecule has 0 spiro atoms. The minimum absolute atomic E-state index is 0.0152. The van der Waals surface area contributed by atoms with Crippen LogP contribution in [0, 0.1) is 6.92 Å². The number of nitrogens with one attached hydrogen (secondary N) is 2. The molecule has 4 aromatic rings. The average Bonchev–Trinajstić information content (AvgIpc) is 3.44. The van der Waals surface area contributed by atoms with Gasteiger partial charge in [0, 0.05) is 11.6 Å². The Morgan fingerprint density at radius 1 is 1.09 bits per heavy atom. The van der Waals surface area contributed by atoms with E-state index in [2.05, 4.69) is 32.7 Å². The van der Waals surface area contributed by atoms with E-state index in [0.29, 0.717) is 22.3 Å². The van der Waals surface area contributed by atoms with Crippen molar-refractivity contribution in [3.05, 3.63) is 83.0 Å². The molecule has 1 saturated carbocycles. The number of benzene rings is 2. The van der Waals surface area contributed by atoms with E-state index in [1.54, 1.807) is 6.20 Å². The smallest absolute Gasteiger partial charge is 0.263 e. The van der Waals surface area contributed by atoms with E-state index in [4.69, 9.17) is 4.74 Å². The number of anilines is 2. The molecule has 2 heterocycles. The van der Waals surface area contributed by atoms with Crippen LogP contribution in [0.25, 0.3) is 10.9 Å². The van der Waals surface area contributed by atoms with Crippen molar-refractivity contribution in [2.24, 2.45) is 0 Å². The fourth-order valence-electron chi connectivity index (χ4n) is 4.28. The van der Waals surface area contributed by atoms with Crippen molar-refractivity contribution in [3.63, 3.8) is 0 Å². The van der Waals surface area contributed by atoms with E-state index >= 15 is 0 Å². The molecule has 6 nitrogen and oxygen atoms in total. The molecule has 0 radical (unpaired) electrons. The third-order valence-electron chi connectivity index (χ3n) is 5.95. The number of amides is 1. The van der Waals surface area contributed by atoms with Gasteiger partial charge in [-0.05, 0) is 43.9 Å². The largest absolute Gasteiger partial charge is 0.371 e. The van der Waals surface area contributed by atoms with Crippen LogP contribution in [0.2, 0.25) is 0 Å². The number of hydrogen-bond acceptors (Lipinski definition) is 6. The molecule has 33 heavy (non-hydrogen) atoms. The zero-order chi connectivity index (χ0) is 22.6. The van der Waals surface area contributed by atoms with Crippen LogP contribution < -0.4 is 10.6 Å². The Hall–Kier alpha value is -3.29. The lowest BCUT2D eigenvalue weighted by Crippen LogP contribution is -2.41. The van der Waals surface area contributed by atoms with Gasteiger partial charge in [-0.1, -0.05) is 59.9 Å². The first-order chi connectivity index (χ1) is 16.2. The monoisotopic (exact) mass is 458 g/mol. The number of pyridine rings is 1. The number of ether oxygens (including phenoxy) is 1. The molecule has 0 bridgehead atoms. The van der Waals surface area contributed by atoms with Crippen LogP contribution in [0.3, 0.4) is 0 Å². The second-order valence-corrected chi connectivity index (χ2v) is 9.28. The number of hydrogen-bond donors (Lipinski definition) is 2. The topological polar surface area (TPSA) is 76.1 Å². The van der Waals surface area contributed by atoms with Gasteiger partial charge in [0.2, 0.25) is 0 Å². The van der Waals surface area contributed by atoms with Gasteiger partial charge in [-0.2, -0.15) is 0 Å². The van der Waals surface area contributed by atoms with E-state index < -0.39 is 0 Å². The zero-order valence-electron chi connectivity index (χ0n) is 18.5. The van der Waals surface area contributed by atoms with Gasteiger partial charge in [0.25, 0.3) is 5.91 Å². The molecular formula is C26H26N4O2S. The molecule has 2 aromatic heterocycles. The average molecular weight is 459 g/mol. The third kappa shape index (κ3) is 4.89. The number of aryl methyl sites for hydroxylation is 1. The number of carbonyl (C=O) groups excluding carboxylic acids is 1. The molecule has 0 aliphatic heterocycles. The van der Waals surface area contributed by atoms with Gasteiger partial charge in [0.15, 0.2) is 5.13 Å². The van der Waals surface area contributed by atoms with Crippen molar-refractivity contribution >= 4 is 39.0 Å². The second kappa shape index (κ2) is 9.68. The van der Waals surface area contributed by atoms with Crippen LogP contribution in [0.1, 0.15) is 40.2 Å². The van der Waals surface area contributed by atoms with Crippen LogP contribution in [-0.4, -0.2) is 28.0 Å². The first-order valence-electron chi connectivity index (χ1n) is 11.2. The molecule has 1 fully saturated rings. The van der Waals surface area contributed by atoms with E-state index in [1.807, 2.05) is 55.5 Å². The maximum Gasteiger partial charge on any atom is 0.263 e. The summed E-state index contributed by atoms with van der Waals surface area (Å²) in [5.41, 5.74) is 3.61. The highest BCUT2D eigenvalue weighted by molar-refractivity contribution is 7.17. The summed E-state index contributed by atoms with van der Waals surface area (Å²) in [6, 6.07) is 20.1. The SMILES string of the molecule is Cc1nc(Nc2cccc3cccnc23)sc1C(=O)N[C@H]1CCC[C@@H]1OCc1ccccc1. The molecule has 2 aromatic carbocycles. The lowest BCUT2D eigenvalue weighted by atomic mass is 10.2. The number of carbonyl (C=O) groups is 1. The highest BCUT2D eigenvalue weighted by Crippen LogP contribution is 2.30. The number of para-hydroxylation sites is 1. The summed E-state index contributed by atoms with van der Waals surface area (Å²) in [6.07, 6.45) is 4.74. The summed E-state index contributed by atoms with van der Waals surface area (Å²) in [7, 11) is 0. The fraction of sp³-hybridized carbons (Fsp3) is 0.269. The van der Waals surface area contributed by atoms with Crippen molar-refractivity contribution < 1.29 is 9.53 Å². The highest BCUT2D eigenvalue weighted by Gasteiger charge is 2.30. The molecule has 7 heteroatoms. The summed E-state index contributed by atoms with van der Waals surface area (Å²) in [4.78, 5) is 22.8. The molecular weight excluding hydrogens is 432 g/mol. The normalized spacial score (nSPS) is 17.8. The Labute approximate surface area is 197 Å².